The Bertz CT molecular complexity index is 1030. The van der Waals surface area contributed by atoms with E-state index in [1.54, 1.807) is 17.4 Å². The van der Waals surface area contributed by atoms with Crippen molar-refractivity contribution in [3.05, 3.63) is 87.1 Å². The van der Waals surface area contributed by atoms with E-state index in [9.17, 15) is 9.59 Å². The van der Waals surface area contributed by atoms with Crippen LogP contribution in [0.1, 0.15) is 10.4 Å². The van der Waals surface area contributed by atoms with Crippen molar-refractivity contribution in [3.63, 3.8) is 0 Å². The fourth-order valence-corrected chi connectivity index (χ4v) is 4.72. The Kier molecular flexibility index (Phi) is 5.16. The molecule has 1 aliphatic heterocycles. The van der Waals surface area contributed by atoms with Gasteiger partial charge in [0.15, 0.2) is 0 Å². The van der Waals surface area contributed by atoms with E-state index in [1.807, 2.05) is 66.7 Å². The molecule has 0 N–H and O–H groups in total. The fourth-order valence-electron chi connectivity index (χ4n) is 2.73. The number of imide groups is 1. The molecule has 1 saturated heterocycles. The molecule has 0 bridgehead atoms. The maximum absolute atomic E-state index is 12.6. The zero-order valence-corrected chi connectivity index (χ0v) is 16.5. The first-order valence-electron chi connectivity index (χ1n) is 8.25. The van der Waals surface area contributed by atoms with Gasteiger partial charge in [0.05, 0.1) is 11.4 Å². The van der Waals surface area contributed by atoms with Gasteiger partial charge in [-0.05, 0) is 53.2 Å². The Morgan fingerprint density at radius 3 is 2.41 bits per heavy atom. The minimum Gasteiger partial charge on any atom is -0.268 e. The number of nitrogens with zero attached hydrogens (tertiary/aromatic N) is 1. The molecular weight excluding hydrogens is 398 g/mol. The van der Waals surface area contributed by atoms with Crippen molar-refractivity contribution < 1.29 is 9.59 Å². The van der Waals surface area contributed by atoms with Gasteiger partial charge in [-0.2, -0.15) is 0 Å². The molecule has 3 nitrogen and oxygen atoms in total. The van der Waals surface area contributed by atoms with Crippen LogP contribution in [0.5, 0.6) is 0 Å². The highest BCUT2D eigenvalue weighted by atomic mass is 35.5. The fraction of sp³-hybridized carbons (Fsp3) is 0.0476. The lowest BCUT2D eigenvalue weighted by Gasteiger charge is -2.11. The van der Waals surface area contributed by atoms with Crippen LogP contribution in [-0.4, -0.2) is 16.0 Å². The number of amides is 2. The number of hydrogen-bond donors (Lipinski definition) is 0. The van der Waals surface area contributed by atoms with Crippen LogP contribution in [0.3, 0.4) is 0 Å². The molecule has 4 rings (SSSR count). The molecule has 0 atom stereocenters. The van der Waals surface area contributed by atoms with Crippen LogP contribution < -0.4 is 0 Å². The van der Waals surface area contributed by atoms with Gasteiger partial charge in [-0.25, -0.2) is 0 Å². The van der Waals surface area contributed by atoms with E-state index in [0.717, 1.165) is 32.6 Å². The van der Waals surface area contributed by atoms with Crippen molar-refractivity contribution in [1.29, 1.82) is 0 Å². The van der Waals surface area contributed by atoms with Crippen molar-refractivity contribution in [3.8, 4) is 10.4 Å². The second kappa shape index (κ2) is 7.72. The summed E-state index contributed by atoms with van der Waals surface area (Å²) < 4.78 is 0. The van der Waals surface area contributed by atoms with Gasteiger partial charge in [-0.15, -0.1) is 11.3 Å². The molecular formula is C21H14ClNO2S2. The van der Waals surface area contributed by atoms with Crippen LogP contribution in [0, 0.1) is 0 Å². The third-order valence-corrected chi connectivity index (χ3v) is 6.33. The topological polar surface area (TPSA) is 37.4 Å². The second-order valence-corrected chi connectivity index (χ2v) is 8.51. The highest BCUT2D eigenvalue weighted by Gasteiger charge is 2.35. The van der Waals surface area contributed by atoms with Crippen LogP contribution in [0.15, 0.2) is 71.6 Å². The molecule has 0 saturated carbocycles. The predicted octanol–water partition coefficient (Wildman–Crippen LogP) is 6.31. The largest absolute Gasteiger partial charge is 0.293 e. The molecule has 3 aromatic rings. The summed E-state index contributed by atoms with van der Waals surface area (Å²) >= 11 is 8.50. The quantitative estimate of drug-likeness (QED) is 0.472. The molecule has 1 aromatic heterocycles. The van der Waals surface area contributed by atoms with Crippen LogP contribution in [-0.2, 0) is 11.3 Å². The number of thioether (sulfide) groups is 1. The first-order chi connectivity index (χ1) is 13.1. The smallest absolute Gasteiger partial charge is 0.268 e. The minimum atomic E-state index is -0.240. The van der Waals surface area contributed by atoms with E-state index in [-0.39, 0.29) is 11.1 Å². The number of thiophene rings is 1. The van der Waals surface area contributed by atoms with Gasteiger partial charge in [0.1, 0.15) is 0 Å². The Balaban J connectivity index is 1.53. The van der Waals surface area contributed by atoms with Crippen molar-refractivity contribution in [2.75, 3.05) is 0 Å². The first kappa shape index (κ1) is 18.0. The van der Waals surface area contributed by atoms with E-state index >= 15 is 0 Å². The Labute approximate surface area is 170 Å². The molecule has 1 fully saturated rings. The normalized spacial score (nSPS) is 15.7. The number of carbonyl (C=O) groups excluding carboxylic acids is 2. The molecule has 0 spiro atoms. The molecule has 6 heteroatoms. The van der Waals surface area contributed by atoms with Gasteiger partial charge < -0.3 is 0 Å². The number of carbonyl (C=O) groups is 2. The Hall–Kier alpha value is -2.34. The van der Waals surface area contributed by atoms with E-state index in [4.69, 9.17) is 11.6 Å². The predicted molar refractivity (Wildman–Crippen MR) is 113 cm³/mol. The molecule has 27 heavy (non-hydrogen) atoms. The summed E-state index contributed by atoms with van der Waals surface area (Å²) in [5.74, 6) is -0.240. The molecule has 0 aliphatic carbocycles. The van der Waals surface area contributed by atoms with Crippen molar-refractivity contribution >= 4 is 51.9 Å². The maximum atomic E-state index is 12.6. The number of rotatable bonds is 4. The number of halogens is 1. The summed E-state index contributed by atoms with van der Waals surface area (Å²) in [5.41, 5.74) is 2.00. The van der Waals surface area contributed by atoms with E-state index in [1.165, 1.54) is 4.90 Å². The van der Waals surface area contributed by atoms with Crippen LogP contribution in [0.4, 0.5) is 4.79 Å². The lowest BCUT2D eigenvalue weighted by molar-refractivity contribution is -0.123. The third-order valence-electron chi connectivity index (χ3n) is 4.09. The van der Waals surface area contributed by atoms with Crippen LogP contribution in [0.2, 0.25) is 5.02 Å². The SMILES string of the molecule is O=C1S/C(=C\c2ccc(-c3ccc(Cl)cc3)s2)C(=O)N1Cc1ccccc1. The van der Waals surface area contributed by atoms with Crippen LogP contribution >= 0.6 is 34.7 Å². The summed E-state index contributed by atoms with van der Waals surface area (Å²) in [6.45, 7) is 0.295. The Morgan fingerprint density at radius 2 is 1.67 bits per heavy atom. The van der Waals surface area contributed by atoms with Crippen molar-refractivity contribution in [1.82, 2.24) is 4.90 Å². The van der Waals surface area contributed by atoms with Gasteiger partial charge >= 0.3 is 0 Å². The van der Waals surface area contributed by atoms with Crippen molar-refractivity contribution in [2.24, 2.45) is 0 Å². The highest BCUT2D eigenvalue weighted by Crippen LogP contribution is 2.36. The first-order valence-corrected chi connectivity index (χ1v) is 10.3. The Morgan fingerprint density at radius 1 is 0.926 bits per heavy atom. The maximum Gasteiger partial charge on any atom is 0.293 e. The summed E-state index contributed by atoms with van der Waals surface area (Å²) in [4.78, 5) is 28.7. The summed E-state index contributed by atoms with van der Waals surface area (Å²) in [6, 6.07) is 21.1. The van der Waals surface area contributed by atoms with Gasteiger partial charge in [0, 0.05) is 14.8 Å². The van der Waals surface area contributed by atoms with E-state index in [2.05, 4.69) is 0 Å². The van der Waals surface area contributed by atoms with E-state index < -0.39 is 0 Å². The highest BCUT2D eigenvalue weighted by molar-refractivity contribution is 8.18. The van der Waals surface area contributed by atoms with Gasteiger partial charge in [-0.1, -0.05) is 54.1 Å². The summed E-state index contributed by atoms with van der Waals surface area (Å²) in [7, 11) is 0. The number of benzene rings is 2. The molecule has 0 radical (unpaired) electrons. The molecule has 2 amide bonds. The number of hydrogen-bond acceptors (Lipinski definition) is 4. The third kappa shape index (κ3) is 4.00. The summed E-state index contributed by atoms with van der Waals surface area (Å²) in [6.07, 6.45) is 1.79. The van der Waals surface area contributed by atoms with Gasteiger partial charge in [0.2, 0.25) is 0 Å². The lowest BCUT2D eigenvalue weighted by Crippen LogP contribution is -2.27. The molecule has 2 aromatic carbocycles. The molecule has 0 unspecified atom stereocenters. The van der Waals surface area contributed by atoms with E-state index in [0.29, 0.717) is 16.5 Å². The van der Waals surface area contributed by atoms with Crippen LogP contribution in [0.25, 0.3) is 16.5 Å². The lowest BCUT2D eigenvalue weighted by atomic mass is 10.2. The molecule has 134 valence electrons. The zero-order valence-electron chi connectivity index (χ0n) is 14.1. The van der Waals surface area contributed by atoms with Crippen molar-refractivity contribution in [2.45, 2.75) is 6.54 Å². The average Bonchev–Trinajstić information content (AvgIpc) is 3.24. The second-order valence-electron chi connectivity index (χ2n) is 5.96. The van der Waals surface area contributed by atoms with Gasteiger partial charge in [0.25, 0.3) is 11.1 Å². The molecule has 1 aliphatic rings. The molecule has 2 heterocycles. The zero-order chi connectivity index (χ0) is 18.8. The summed E-state index contributed by atoms with van der Waals surface area (Å²) in [5, 5.41) is 0.465. The minimum absolute atomic E-state index is 0.232. The monoisotopic (exact) mass is 411 g/mol. The van der Waals surface area contributed by atoms with Gasteiger partial charge in [-0.3, -0.25) is 14.5 Å². The standard InChI is InChI=1S/C21H14ClNO2S2/c22-16-8-6-15(7-9-16)18-11-10-17(26-18)12-19-20(24)23(21(25)27-19)13-14-4-2-1-3-5-14/h1-12H,13H2/b19-12-. The average molecular weight is 412 g/mol.